The summed E-state index contributed by atoms with van der Waals surface area (Å²) in [7, 11) is -2.27. The molecule has 0 bridgehead atoms. The van der Waals surface area contributed by atoms with E-state index in [0.29, 0.717) is 17.0 Å². The molecule has 11 heteroatoms. The number of rotatable bonds is 4. The number of imidazole rings is 1. The van der Waals surface area contributed by atoms with Gasteiger partial charge in [0, 0.05) is 17.8 Å². The van der Waals surface area contributed by atoms with Crippen molar-refractivity contribution in [2.75, 3.05) is 13.4 Å². The number of fused-ring (bicyclic) bond motifs is 1. The molecule has 0 aliphatic carbocycles. The van der Waals surface area contributed by atoms with Crippen molar-refractivity contribution >= 4 is 15.9 Å². The van der Waals surface area contributed by atoms with Crippen LogP contribution in [0.15, 0.2) is 34.0 Å². The van der Waals surface area contributed by atoms with Gasteiger partial charge in [0.1, 0.15) is 11.5 Å². The van der Waals surface area contributed by atoms with Crippen molar-refractivity contribution in [2.45, 2.75) is 0 Å². The van der Waals surface area contributed by atoms with Gasteiger partial charge >= 0.3 is 21.5 Å². The Kier molecular flexibility index (Phi) is 3.64. The van der Waals surface area contributed by atoms with Crippen LogP contribution in [0.3, 0.4) is 0 Å². The summed E-state index contributed by atoms with van der Waals surface area (Å²) in [5.74, 6) is 0.434. The lowest BCUT2D eigenvalue weighted by Crippen LogP contribution is -2.27. The van der Waals surface area contributed by atoms with E-state index in [4.69, 9.17) is 8.92 Å². The predicted molar refractivity (Wildman–Crippen MR) is 83.9 cm³/mol. The highest BCUT2D eigenvalue weighted by Gasteiger charge is 2.14. The number of nitrogens with one attached hydrogen (secondary N) is 2. The lowest BCUT2D eigenvalue weighted by Gasteiger charge is -2.09. The van der Waals surface area contributed by atoms with Gasteiger partial charge in [-0.15, -0.1) is 0 Å². The van der Waals surface area contributed by atoms with Gasteiger partial charge in [0.25, 0.3) is 0 Å². The Labute approximate surface area is 134 Å². The number of ether oxygens (including phenoxy) is 1. The zero-order valence-electron chi connectivity index (χ0n) is 12.6. The lowest BCUT2D eigenvalue weighted by molar-refractivity contribution is 0.413. The minimum Gasteiger partial charge on any atom is -0.496 e. The first kappa shape index (κ1) is 15.8. The third kappa shape index (κ3) is 3.01. The van der Waals surface area contributed by atoms with Crippen molar-refractivity contribution < 1.29 is 17.3 Å². The monoisotopic (exact) mass is 352 g/mol. The molecular weight excluding hydrogens is 340 g/mol. The Hall–Kier alpha value is -3.08. The van der Waals surface area contributed by atoms with E-state index in [2.05, 4.69) is 15.0 Å². The first-order chi connectivity index (χ1) is 11.3. The molecule has 126 valence electrons. The molecule has 0 unspecified atom stereocenters. The van der Waals surface area contributed by atoms with E-state index in [0.717, 1.165) is 10.7 Å². The van der Waals surface area contributed by atoms with Crippen molar-refractivity contribution in [1.29, 1.82) is 0 Å². The molecule has 0 saturated carbocycles. The molecule has 0 spiro atoms. The molecule has 0 atom stereocenters. The molecule has 24 heavy (non-hydrogen) atoms. The van der Waals surface area contributed by atoms with E-state index in [1.165, 1.54) is 31.5 Å². The van der Waals surface area contributed by atoms with Gasteiger partial charge in [-0.3, -0.25) is 9.97 Å². The fraction of sp³-hybridized carbons (Fsp3) is 0.154. The summed E-state index contributed by atoms with van der Waals surface area (Å²) < 4.78 is 33.5. The fourth-order valence-corrected chi connectivity index (χ4v) is 2.61. The minimum absolute atomic E-state index is 0.0669. The third-order valence-electron chi connectivity index (χ3n) is 3.07. The summed E-state index contributed by atoms with van der Waals surface area (Å²) >= 11 is 0. The van der Waals surface area contributed by atoms with E-state index in [-0.39, 0.29) is 11.5 Å². The van der Waals surface area contributed by atoms with Crippen LogP contribution in [0.5, 0.6) is 11.5 Å². The smallest absolute Gasteiger partial charge is 0.336 e. The summed E-state index contributed by atoms with van der Waals surface area (Å²) in [6.45, 7) is 0. The van der Waals surface area contributed by atoms with E-state index in [1.54, 1.807) is 0 Å². The maximum absolute atomic E-state index is 11.7. The lowest BCUT2D eigenvalue weighted by atomic mass is 10.1. The van der Waals surface area contributed by atoms with Crippen LogP contribution in [-0.4, -0.2) is 41.1 Å². The number of hydrogen-bond donors (Lipinski definition) is 2. The topological polar surface area (TPSA) is 136 Å². The molecule has 1 aromatic carbocycles. The summed E-state index contributed by atoms with van der Waals surface area (Å²) in [6.07, 6.45) is 2.34. The number of benzene rings is 1. The first-order valence-corrected chi connectivity index (χ1v) is 8.38. The average molecular weight is 352 g/mol. The number of methoxy groups -OCH3 is 1. The molecular formula is C13H12N4O6S. The van der Waals surface area contributed by atoms with E-state index in [1.807, 2.05) is 0 Å². The van der Waals surface area contributed by atoms with E-state index < -0.39 is 21.5 Å². The summed E-state index contributed by atoms with van der Waals surface area (Å²) in [4.78, 5) is 31.7. The van der Waals surface area contributed by atoms with Gasteiger partial charge in [0.2, 0.25) is 5.78 Å². The highest BCUT2D eigenvalue weighted by Crippen LogP contribution is 2.32. The number of aromatic nitrogens is 4. The standard InChI is InChI=1S/C13H12N4O6S/c1-22-10-5-7(23-24(2,20)21)3-4-8(10)9-6-17-11(14-9)15-12(18)16-13(17)19/h3-6H,1-2H3,(H2,14,15,16,18,19). The van der Waals surface area contributed by atoms with Gasteiger partial charge in [0.15, 0.2) is 0 Å². The summed E-state index contributed by atoms with van der Waals surface area (Å²) in [5.41, 5.74) is -0.468. The quantitative estimate of drug-likeness (QED) is 0.617. The van der Waals surface area contributed by atoms with Crippen LogP contribution in [0, 0.1) is 0 Å². The van der Waals surface area contributed by atoms with Crippen molar-refractivity contribution in [2.24, 2.45) is 0 Å². The summed E-state index contributed by atoms with van der Waals surface area (Å²) in [5, 5.41) is 0. The van der Waals surface area contributed by atoms with Crippen molar-refractivity contribution in [3.05, 3.63) is 45.4 Å². The molecule has 0 radical (unpaired) electrons. The Bertz CT molecular complexity index is 1140. The third-order valence-corrected chi connectivity index (χ3v) is 3.56. The highest BCUT2D eigenvalue weighted by atomic mass is 32.2. The van der Waals surface area contributed by atoms with Crippen molar-refractivity contribution in [1.82, 2.24) is 19.4 Å². The SMILES string of the molecule is COc1cc(OS(C)(=O)=O)ccc1-c1cn2c(=O)[nH]c(=O)[nH]c2n1. The maximum Gasteiger partial charge on any atom is 0.336 e. The van der Waals surface area contributed by atoms with E-state index >= 15 is 0 Å². The normalized spacial score (nSPS) is 11.6. The molecule has 0 saturated heterocycles. The number of aromatic amines is 2. The van der Waals surface area contributed by atoms with Crippen molar-refractivity contribution in [3.8, 4) is 22.8 Å². The minimum atomic E-state index is -3.67. The zero-order valence-corrected chi connectivity index (χ0v) is 13.4. The molecule has 0 fully saturated rings. The first-order valence-electron chi connectivity index (χ1n) is 6.56. The Morgan fingerprint density at radius 3 is 2.62 bits per heavy atom. The number of H-pyrrole nitrogens is 2. The Morgan fingerprint density at radius 2 is 1.96 bits per heavy atom. The molecule has 3 aromatic rings. The van der Waals surface area contributed by atoms with Gasteiger partial charge < -0.3 is 8.92 Å². The second kappa shape index (κ2) is 5.53. The van der Waals surface area contributed by atoms with Crippen LogP contribution in [-0.2, 0) is 10.1 Å². The number of nitrogens with zero attached hydrogens (tertiary/aromatic N) is 2. The van der Waals surface area contributed by atoms with Crippen LogP contribution in [0.4, 0.5) is 0 Å². The largest absolute Gasteiger partial charge is 0.496 e. The van der Waals surface area contributed by atoms with Gasteiger partial charge in [0.05, 0.1) is 19.1 Å². The molecule has 2 heterocycles. The van der Waals surface area contributed by atoms with Gasteiger partial charge in [-0.05, 0) is 12.1 Å². The molecule has 3 rings (SSSR count). The molecule has 0 aliphatic rings. The van der Waals surface area contributed by atoms with E-state index in [9.17, 15) is 18.0 Å². The molecule has 0 amide bonds. The van der Waals surface area contributed by atoms with Crippen LogP contribution >= 0.6 is 0 Å². The molecule has 0 aliphatic heterocycles. The fourth-order valence-electron chi connectivity index (χ4n) is 2.15. The van der Waals surface area contributed by atoms with Crippen LogP contribution < -0.4 is 20.3 Å². The highest BCUT2D eigenvalue weighted by molar-refractivity contribution is 7.86. The van der Waals surface area contributed by atoms with Crippen LogP contribution in [0.2, 0.25) is 0 Å². The average Bonchev–Trinajstić information content (AvgIpc) is 2.89. The number of hydrogen-bond acceptors (Lipinski definition) is 7. The van der Waals surface area contributed by atoms with Gasteiger partial charge in [-0.1, -0.05) is 0 Å². The summed E-state index contributed by atoms with van der Waals surface area (Å²) in [6, 6.07) is 4.34. The molecule has 10 nitrogen and oxygen atoms in total. The second-order valence-corrected chi connectivity index (χ2v) is 6.43. The van der Waals surface area contributed by atoms with Gasteiger partial charge in [-0.2, -0.15) is 8.42 Å². The van der Waals surface area contributed by atoms with Crippen LogP contribution in [0.1, 0.15) is 0 Å². The zero-order chi connectivity index (χ0) is 17.5. The van der Waals surface area contributed by atoms with Crippen molar-refractivity contribution in [3.63, 3.8) is 0 Å². The Balaban J connectivity index is 2.14. The second-order valence-electron chi connectivity index (χ2n) is 4.85. The predicted octanol–water partition coefficient (Wildman–Crippen LogP) is -0.275. The maximum atomic E-state index is 11.7. The van der Waals surface area contributed by atoms with Crippen LogP contribution in [0.25, 0.3) is 17.0 Å². The molecule has 2 N–H and O–H groups in total. The van der Waals surface area contributed by atoms with Gasteiger partial charge in [-0.25, -0.2) is 19.0 Å². The Morgan fingerprint density at radius 1 is 1.21 bits per heavy atom. The molecule has 2 aromatic heterocycles.